The third kappa shape index (κ3) is 3.03. The Balaban J connectivity index is 1.91. The highest BCUT2D eigenvalue weighted by Crippen LogP contribution is 2.26. The maximum absolute atomic E-state index is 5.32. The summed E-state index contributed by atoms with van der Waals surface area (Å²) in [5, 5.41) is 3.19. The van der Waals surface area contributed by atoms with Gasteiger partial charge in [0, 0.05) is 23.7 Å². The number of anilines is 2. The first-order chi connectivity index (χ1) is 10.8. The SMILES string of the molecule is COc1ccccc1Nc1nccc(-c2ccnc(C)c2)n1. The van der Waals surface area contributed by atoms with Gasteiger partial charge in [-0.05, 0) is 37.3 Å². The van der Waals surface area contributed by atoms with Gasteiger partial charge in [-0.3, -0.25) is 4.98 Å². The van der Waals surface area contributed by atoms with Crippen molar-refractivity contribution in [3.8, 4) is 17.0 Å². The molecule has 0 atom stereocenters. The largest absolute Gasteiger partial charge is 0.495 e. The van der Waals surface area contributed by atoms with Crippen LogP contribution in [0.2, 0.25) is 0 Å². The molecule has 0 radical (unpaired) electrons. The summed E-state index contributed by atoms with van der Waals surface area (Å²) in [6.45, 7) is 1.96. The zero-order valence-corrected chi connectivity index (χ0v) is 12.4. The minimum Gasteiger partial charge on any atom is -0.495 e. The molecule has 0 aliphatic carbocycles. The summed E-state index contributed by atoms with van der Waals surface area (Å²) in [6, 6.07) is 13.5. The van der Waals surface area contributed by atoms with Crippen LogP contribution in [0.5, 0.6) is 5.75 Å². The number of aryl methyl sites for hydroxylation is 1. The third-order valence-electron chi connectivity index (χ3n) is 3.20. The maximum atomic E-state index is 5.32. The number of nitrogens with zero attached hydrogens (tertiary/aromatic N) is 3. The van der Waals surface area contributed by atoms with Crippen molar-refractivity contribution < 1.29 is 4.74 Å². The Morgan fingerprint density at radius 3 is 2.64 bits per heavy atom. The summed E-state index contributed by atoms with van der Waals surface area (Å²) < 4.78 is 5.32. The van der Waals surface area contributed by atoms with Crippen LogP contribution in [0, 0.1) is 6.92 Å². The molecular formula is C17H16N4O. The van der Waals surface area contributed by atoms with Crippen molar-refractivity contribution in [2.45, 2.75) is 6.92 Å². The molecule has 1 N–H and O–H groups in total. The molecule has 2 aromatic heterocycles. The van der Waals surface area contributed by atoms with Gasteiger partial charge >= 0.3 is 0 Å². The molecule has 1 aromatic carbocycles. The van der Waals surface area contributed by atoms with E-state index in [1.165, 1.54) is 0 Å². The molecule has 0 unspecified atom stereocenters. The molecule has 0 aliphatic heterocycles. The lowest BCUT2D eigenvalue weighted by molar-refractivity contribution is 0.417. The first-order valence-corrected chi connectivity index (χ1v) is 6.92. The van der Waals surface area contributed by atoms with Crippen LogP contribution in [0.3, 0.4) is 0 Å². The number of benzene rings is 1. The molecule has 0 saturated heterocycles. The number of ether oxygens (including phenoxy) is 1. The normalized spacial score (nSPS) is 10.3. The lowest BCUT2D eigenvalue weighted by Gasteiger charge is -2.10. The standard InChI is InChI=1S/C17H16N4O/c1-12-11-13(7-9-18-12)14-8-10-19-17(20-14)21-15-5-3-4-6-16(15)22-2/h3-11H,1-2H3,(H,19,20,21). The molecule has 0 fully saturated rings. The number of hydrogen-bond acceptors (Lipinski definition) is 5. The second-order valence-corrected chi connectivity index (χ2v) is 4.78. The smallest absolute Gasteiger partial charge is 0.227 e. The summed E-state index contributed by atoms with van der Waals surface area (Å²) in [5.74, 6) is 1.27. The molecule has 3 aromatic rings. The van der Waals surface area contributed by atoms with Gasteiger partial charge in [0.15, 0.2) is 0 Å². The van der Waals surface area contributed by atoms with Crippen LogP contribution in [0.25, 0.3) is 11.3 Å². The van der Waals surface area contributed by atoms with Crippen LogP contribution in [0.4, 0.5) is 11.6 Å². The minimum absolute atomic E-state index is 0.525. The van der Waals surface area contributed by atoms with Crippen molar-refractivity contribution in [1.29, 1.82) is 0 Å². The Kier molecular flexibility index (Phi) is 3.96. The fourth-order valence-corrected chi connectivity index (χ4v) is 2.15. The number of para-hydroxylation sites is 2. The van der Waals surface area contributed by atoms with Gasteiger partial charge in [0.05, 0.1) is 18.5 Å². The lowest BCUT2D eigenvalue weighted by atomic mass is 10.1. The summed E-state index contributed by atoms with van der Waals surface area (Å²) in [4.78, 5) is 13.0. The summed E-state index contributed by atoms with van der Waals surface area (Å²) >= 11 is 0. The lowest BCUT2D eigenvalue weighted by Crippen LogP contribution is -1.99. The average Bonchev–Trinajstić information content (AvgIpc) is 2.56. The fraction of sp³-hybridized carbons (Fsp3) is 0.118. The van der Waals surface area contributed by atoms with Gasteiger partial charge < -0.3 is 10.1 Å². The van der Waals surface area contributed by atoms with Gasteiger partial charge in [0.25, 0.3) is 0 Å². The molecule has 2 heterocycles. The van der Waals surface area contributed by atoms with Crippen molar-refractivity contribution in [2.75, 3.05) is 12.4 Å². The third-order valence-corrected chi connectivity index (χ3v) is 3.20. The van der Waals surface area contributed by atoms with Crippen LogP contribution >= 0.6 is 0 Å². The molecule has 5 heteroatoms. The van der Waals surface area contributed by atoms with E-state index in [4.69, 9.17) is 4.74 Å². The fourth-order valence-electron chi connectivity index (χ4n) is 2.15. The van der Waals surface area contributed by atoms with Gasteiger partial charge in [-0.2, -0.15) is 0 Å². The summed E-state index contributed by atoms with van der Waals surface area (Å²) in [5.41, 5.74) is 3.64. The molecule has 0 bridgehead atoms. The van der Waals surface area contributed by atoms with E-state index in [2.05, 4.69) is 20.3 Å². The van der Waals surface area contributed by atoms with Crippen molar-refractivity contribution in [3.05, 3.63) is 60.6 Å². The van der Waals surface area contributed by atoms with Crippen molar-refractivity contribution in [1.82, 2.24) is 15.0 Å². The zero-order chi connectivity index (χ0) is 15.4. The van der Waals surface area contributed by atoms with Gasteiger partial charge in [0.1, 0.15) is 5.75 Å². The van der Waals surface area contributed by atoms with Crippen molar-refractivity contribution in [2.24, 2.45) is 0 Å². The molecule has 5 nitrogen and oxygen atoms in total. The van der Waals surface area contributed by atoms with E-state index < -0.39 is 0 Å². The molecular weight excluding hydrogens is 276 g/mol. The van der Waals surface area contributed by atoms with E-state index >= 15 is 0 Å². The number of hydrogen-bond donors (Lipinski definition) is 1. The van der Waals surface area contributed by atoms with Crippen LogP contribution in [0.15, 0.2) is 54.9 Å². The average molecular weight is 292 g/mol. The zero-order valence-electron chi connectivity index (χ0n) is 12.4. The highest BCUT2D eigenvalue weighted by Gasteiger charge is 2.06. The van der Waals surface area contributed by atoms with Gasteiger partial charge in [-0.1, -0.05) is 12.1 Å². The molecule has 110 valence electrons. The monoisotopic (exact) mass is 292 g/mol. The molecule has 0 amide bonds. The van der Waals surface area contributed by atoms with E-state index in [9.17, 15) is 0 Å². The van der Waals surface area contributed by atoms with Gasteiger partial charge in [0.2, 0.25) is 5.95 Å². The first kappa shape index (κ1) is 14.0. The van der Waals surface area contributed by atoms with E-state index in [0.29, 0.717) is 5.95 Å². The minimum atomic E-state index is 0.525. The summed E-state index contributed by atoms with van der Waals surface area (Å²) in [6.07, 6.45) is 3.51. The second-order valence-electron chi connectivity index (χ2n) is 4.78. The Morgan fingerprint density at radius 2 is 1.82 bits per heavy atom. The van der Waals surface area contributed by atoms with Crippen LogP contribution in [-0.2, 0) is 0 Å². The van der Waals surface area contributed by atoms with Gasteiger partial charge in [-0.15, -0.1) is 0 Å². The Labute approximate surface area is 129 Å². The number of aromatic nitrogens is 3. The van der Waals surface area contributed by atoms with Crippen molar-refractivity contribution >= 4 is 11.6 Å². The molecule has 22 heavy (non-hydrogen) atoms. The number of rotatable bonds is 4. The topological polar surface area (TPSA) is 59.9 Å². The molecule has 0 spiro atoms. The first-order valence-electron chi connectivity index (χ1n) is 6.92. The number of nitrogens with one attached hydrogen (secondary N) is 1. The Morgan fingerprint density at radius 1 is 1.00 bits per heavy atom. The number of methoxy groups -OCH3 is 1. The van der Waals surface area contributed by atoms with Crippen LogP contribution in [0.1, 0.15) is 5.69 Å². The van der Waals surface area contributed by atoms with E-state index in [0.717, 1.165) is 28.4 Å². The Bertz CT molecular complexity index is 789. The van der Waals surface area contributed by atoms with Crippen LogP contribution in [-0.4, -0.2) is 22.1 Å². The highest BCUT2D eigenvalue weighted by molar-refractivity contribution is 5.65. The maximum Gasteiger partial charge on any atom is 0.227 e. The predicted molar refractivity (Wildman–Crippen MR) is 86.3 cm³/mol. The second kappa shape index (κ2) is 6.22. The van der Waals surface area contributed by atoms with Gasteiger partial charge in [-0.25, -0.2) is 9.97 Å². The predicted octanol–water partition coefficient (Wildman–Crippen LogP) is 3.60. The Hall–Kier alpha value is -2.95. The van der Waals surface area contributed by atoms with E-state index in [1.54, 1.807) is 19.5 Å². The van der Waals surface area contributed by atoms with E-state index in [-0.39, 0.29) is 0 Å². The van der Waals surface area contributed by atoms with Crippen LogP contribution < -0.4 is 10.1 Å². The highest BCUT2D eigenvalue weighted by atomic mass is 16.5. The quantitative estimate of drug-likeness (QED) is 0.796. The summed E-state index contributed by atoms with van der Waals surface area (Å²) in [7, 11) is 1.64. The van der Waals surface area contributed by atoms with E-state index in [1.807, 2.05) is 49.4 Å². The number of pyridine rings is 1. The molecule has 3 rings (SSSR count). The molecule has 0 aliphatic rings. The van der Waals surface area contributed by atoms with Crippen molar-refractivity contribution in [3.63, 3.8) is 0 Å². The molecule has 0 saturated carbocycles.